The SMILES string of the molecule is C=CCN1C(=O)N/C(=C/c2cccn2-c2ccccc2C)C1=O. The highest BCUT2D eigenvalue weighted by atomic mass is 16.2. The molecule has 23 heavy (non-hydrogen) atoms. The van der Waals surface area contributed by atoms with Crippen molar-refractivity contribution >= 4 is 18.0 Å². The van der Waals surface area contributed by atoms with Gasteiger partial charge in [0.1, 0.15) is 5.70 Å². The van der Waals surface area contributed by atoms with E-state index in [1.807, 2.05) is 54.1 Å². The molecule has 5 heteroatoms. The molecule has 2 aromatic rings. The zero-order chi connectivity index (χ0) is 16.4. The maximum atomic E-state index is 12.3. The Morgan fingerprint density at radius 3 is 2.70 bits per heavy atom. The highest BCUT2D eigenvalue weighted by Crippen LogP contribution is 2.20. The molecule has 0 spiro atoms. The topological polar surface area (TPSA) is 54.3 Å². The number of imide groups is 1. The molecule has 1 aliphatic rings. The lowest BCUT2D eigenvalue weighted by Gasteiger charge is -2.10. The summed E-state index contributed by atoms with van der Waals surface area (Å²) >= 11 is 0. The van der Waals surface area contributed by atoms with Crippen LogP contribution in [0.15, 0.2) is 60.9 Å². The molecule has 1 N–H and O–H groups in total. The van der Waals surface area contributed by atoms with Crippen LogP contribution in [0.4, 0.5) is 4.79 Å². The molecule has 3 amide bonds. The van der Waals surface area contributed by atoms with Crippen LogP contribution in [0.3, 0.4) is 0 Å². The molecular formula is C18H17N3O2. The summed E-state index contributed by atoms with van der Waals surface area (Å²) in [7, 11) is 0. The fourth-order valence-corrected chi connectivity index (χ4v) is 2.58. The largest absolute Gasteiger partial charge is 0.329 e. The summed E-state index contributed by atoms with van der Waals surface area (Å²) in [6.07, 6.45) is 5.14. The van der Waals surface area contributed by atoms with E-state index in [0.29, 0.717) is 0 Å². The second-order valence-corrected chi connectivity index (χ2v) is 5.28. The first-order valence-electron chi connectivity index (χ1n) is 7.30. The number of nitrogens with zero attached hydrogens (tertiary/aromatic N) is 2. The van der Waals surface area contributed by atoms with Gasteiger partial charge in [0.2, 0.25) is 0 Å². The molecular weight excluding hydrogens is 290 g/mol. The average Bonchev–Trinajstić information content (AvgIpc) is 3.09. The molecule has 1 aromatic carbocycles. The van der Waals surface area contributed by atoms with Crippen LogP contribution in [-0.2, 0) is 4.79 Å². The Morgan fingerprint density at radius 2 is 1.96 bits per heavy atom. The highest BCUT2D eigenvalue weighted by Gasteiger charge is 2.32. The van der Waals surface area contributed by atoms with Crippen LogP contribution in [0, 0.1) is 6.92 Å². The molecule has 1 saturated heterocycles. The molecule has 0 saturated carbocycles. The van der Waals surface area contributed by atoms with Gasteiger partial charge in [0.15, 0.2) is 0 Å². The molecule has 3 rings (SSSR count). The molecule has 5 nitrogen and oxygen atoms in total. The van der Waals surface area contributed by atoms with E-state index < -0.39 is 6.03 Å². The summed E-state index contributed by atoms with van der Waals surface area (Å²) in [4.78, 5) is 25.2. The summed E-state index contributed by atoms with van der Waals surface area (Å²) < 4.78 is 1.98. The molecule has 2 heterocycles. The van der Waals surface area contributed by atoms with Gasteiger partial charge in [-0.05, 0) is 36.8 Å². The zero-order valence-electron chi connectivity index (χ0n) is 12.8. The van der Waals surface area contributed by atoms with Crippen molar-refractivity contribution in [1.29, 1.82) is 0 Å². The van der Waals surface area contributed by atoms with Crippen LogP contribution in [0.5, 0.6) is 0 Å². The number of rotatable bonds is 4. The normalized spacial score (nSPS) is 16.0. The second kappa shape index (κ2) is 5.96. The van der Waals surface area contributed by atoms with Gasteiger partial charge >= 0.3 is 6.03 Å². The summed E-state index contributed by atoms with van der Waals surface area (Å²) in [5.74, 6) is -0.340. The monoisotopic (exact) mass is 307 g/mol. The van der Waals surface area contributed by atoms with Crippen molar-refractivity contribution in [2.45, 2.75) is 6.92 Å². The Bertz CT molecular complexity index is 817. The number of carbonyl (C=O) groups is 2. The van der Waals surface area contributed by atoms with Crippen LogP contribution in [0.2, 0.25) is 0 Å². The molecule has 1 aliphatic heterocycles. The van der Waals surface area contributed by atoms with Crippen LogP contribution in [-0.4, -0.2) is 28.0 Å². The lowest BCUT2D eigenvalue weighted by atomic mass is 10.2. The van der Waals surface area contributed by atoms with Gasteiger partial charge in [0, 0.05) is 24.1 Å². The quantitative estimate of drug-likeness (QED) is 0.536. The van der Waals surface area contributed by atoms with Crippen LogP contribution in [0.25, 0.3) is 11.8 Å². The Kier molecular flexibility index (Phi) is 3.85. The minimum absolute atomic E-state index is 0.195. The van der Waals surface area contributed by atoms with Gasteiger partial charge in [-0.2, -0.15) is 0 Å². The molecule has 0 atom stereocenters. The van der Waals surface area contributed by atoms with E-state index >= 15 is 0 Å². The number of urea groups is 1. The van der Waals surface area contributed by atoms with Crippen molar-refractivity contribution in [3.8, 4) is 5.69 Å². The van der Waals surface area contributed by atoms with Crippen molar-refractivity contribution < 1.29 is 9.59 Å². The Balaban J connectivity index is 1.98. The molecule has 0 radical (unpaired) electrons. The van der Waals surface area contributed by atoms with E-state index in [9.17, 15) is 9.59 Å². The maximum Gasteiger partial charge on any atom is 0.329 e. The minimum Gasteiger partial charge on any atom is -0.317 e. The Morgan fingerprint density at radius 1 is 1.17 bits per heavy atom. The van der Waals surface area contributed by atoms with Crippen molar-refractivity contribution in [2.75, 3.05) is 6.54 Å². The third kappa shape index (κ3) is 2.68. The number of benzene rings is 1. The number of aryl methyl sites for hydroxylation is 1. The van der Waals surface area contributed by atoms with Gasteiger partial charge in [0.05, 0.1) is 0 Å². The maximum absolute atomic E-state index is 12.3. The molecule has 0 bridgehead atoms. The first-order chi connectivity index (χ1) is 11.1. The number of aromatic nitrogens is 1. The van der Waals surface area contributed by atoms with Gasteiger partial charge < -0.3 is 9.88 Å². The van der Waals surface area contributed by atoms with Gasteiger partial charge in [-0.1, -0.05) is 24.3 Å². The molecule has 0 aliphatic carbocycles. The van der Waals surface area contributed by atoms with Gasteiger partial charge in [0.25, 0.3) is 5.91 Å². The summed E-state index contributed by atoms with van der Waals surface area (Å²) in [6.45, 7) is 5.78. The van der Waals surface area contributed by atoms with Gasteiger partial charge in [-0.15, -0.1) is 6.58 Å². The highest BCUT2D eigenvalue weighted by molar-refractivity contribution is 6.14. The minimum atomic E-state index is -0.421. The zero-order valence-corrected chi connectivity index (χ0v) is 12.8. The van der Waals surface area contributed by atoms with E-state index in [0.717, 1.165) is 21.8 Å². The third-order valence-electron chi connectivity index (χ3n) is 3.72. The molecule has 0 unspecified atom stereocenters. The first kappa shape index (κ1) is 14.8. The lowest BCUT2D eigenvalue weighted by Crippen LogP contribution is -2.30. The second-order valence-electron chi connectivity index (χ2n) is 5.28. The summed E-state index contributed by atoms with van der Waals surface area (Å²) in [5.41, 5.74) is 3.25. The number of hydrogen-bond acceptors (Lipinski definition) is 2. The van der Waals surface area contributed by atoms with Crippen LogP contribution < -0.4 is 5.32 Å². The summed E-state index contributed by atoms with van der Waals surface area (Å²) in [5, 5.41) is 2.61. The first-order valence-corrected chi connectivity index (χ1v) is 7.30. The van der Waals surface area contributed by atoms with E-state index in [1.54, 1.807) is 6.08 Å². The lowest BCUT2D eigenvalue weighted by molar-refractivity contribution is -0.122. The Labute approximate surface area is 134 Å². The van der Waals surface area contributed by atoms with Crippen molar-refractivity contribution in [3.63, 3.8) is 0 Å². The Hall–Kier alpha value is -3.08. The van der Waals surface area contributed by atoms with Gasteiger partial charge in [-0.25, -0.2) is 4.79 Å². The third-order valence-corrected chi connectivity index (χ3v) is 3.72. The van der Waals surface area contributed by atoms with E-state index in [-0.39, 0.29) is 18.1 Å². The molecule has 1 fully saturated rings. The number of para-hydroxylation sites is 1. The number of carbonyl (C=O) groups excluding carboxylic acids is 2. The smallest absolute Gasteiger partial charge is 0.317 e. The van der Waals surface area contributed by atoms with Crippen LogP contribution in [0.1, 0.15) is 11.3 Å². The van der Waals surface area contributed by atoms with E-state index in [4.69, 9.17) is 0 Å². The van der Waals surface area contributed by atoms with Gasteiger partial charge in [-0.3, -0.25) is 9.69 Å². The standard InChI is InChI=1S/C18H17N3O2/c1-3-10-21-17(22)15(19-18(21)23)12-14-8-6-11-20(14)16-9-5-4-7-13(16)2/h3-9,11-12H,1,10H2,2H3,(H,19,23)/b15-12+. The number of hydrogen-bond donors (Lipinski definition) is 1. The molecule has 116 valence electrons. The van der Waals surface area contributed by atoms with E-state index in [2.05, 4.69) is 11.9 Å². The predicted molar refractivity (Wildman–Crippen MR) is 88.9 cm³/mol. The number of nitrogens with one attached hydrogen (secondary N) is 1. The van der Waals surface area contributed by atoms with Crippen LogP contribution >= 0.6 is 0 Å². The van der Waals surface area contributed by atoms with Crippen molar-refractivity contribution in [1.82, 2.24) is 14.8 Å². The molecule has 1 aromatic heterocycles. The van der Waals surface area contributed by atoms with Crippen molar-refractivity contribution in [2.24, 2.45) is 0 Å². The van der Waals surface area contributed by atoms with Crippen molar-refractivity contribution in [3.05, 3.63) is 72.2 Å². The summed E-state index contributed by atoms with van der Waals surface area (Å²) in [6, 6.07) is 11.4. The fourth-order valence-electron chi connectivity index (χ4n) is 2.58. The predicted octanol–water partition coefficient (Wildman–Crippen LogP) is 2.86. The fraction of sp³-hybridized carbons (Fsp3) is 0.111. The van der Waals surface area contributed by atoms with E-state index in [1.165, 1.54) is 6.08 Å². The number of amides is 3. The average molecular weight is 307 g/mol.